The molecule has 0 amide bonds. The molecule has 0 aromatic heterocycles. The van der Waals surface area contributed by atoms with E-state index in [1.807, 2.05) is 0 Å². The zero-order chi connectivity index (χ0) is 10.8. The number of fused-ring (bicyclic) bond motifs is 1. The monoisotopic (exact) mass is 205 g/mol. The Morgan fingerprint density at radius 1 is 1.47 bits per heavy atom. The lowest BCUT2D eigenvalue weighted by Crippen LogP contribution is -2.21. The molecule has 1 aliphatic heterocycles. The number of anilines is 1. The number of hydrogen-bond donors (Lipinski definition) is 2. The van der Waals surface area contributed by atoms with Crippen LogP contribution >= 0.6 is 0 Å². The summed E-state index contributed by atoms with van der Waals surface area (Å²) in [5.74, 6) is 0. The molecule has 3 nitrogen and oxygen atoms in total. The first-order valence-corrected chi connectivity index (χ1v) is 5.59. The standard InChI is InChI=1S/C12H19N3/c1-2-15-6-5-10-7-9(11(14)8-13)3-4-12(10)15/h3-4,7,11H,2,5-6,8,13-14H2,1H3/t11-/m0/s1. The van der Waals surface area contributed by atoms with Crippen LogP contribution in [0.3, 0.4) is 0 Å². The van der Waals surface area contributed by atoms with Gasteiger partial charge in [0.1, 0.15) is 0 Å². The summed E-state index contributed by atoms with van der Waals surface area (Å²) in [6.07, 6.45) is 1.13. The first kappa shape index (κ1) is 10.5. The third-order valence-corrected chi connectivity index (χ3v) is 3.16. The van der Waals surface area contributed by atoms with E-state index in [-0.39, 0.29) is 6.04 Å². The van der Waals surface area contributed by atoms with Gasteiger partial charge in [-0.05, 0) is 30.5 Å². The number of rotatable bonds is 3. The van der Waals surface area contributed by atoms with E-state index in [1.54, 1.807) is 0 Å². The fraction of sp³-hybridized carbons (Fsp3) is 0.500. The number of likely N-dealkylation sites (N-methyl/N-ethyl adjacent to an activating group) is 1. The van der Waals surface area contributed by atoms with E-state index >= 15 is 0 Å². The van der Waals surface area contributed by atoms with Crippen LogP contribution in [-0.2, 0) is 6.42 Å². The number of hydrogen-bond acceptors (Lipinski definition) is 3. The summed E-state index contributed by atoms with van der Waals surface area (Å²) in [4.78, 5) is 2.40. The molecule has 2 rings (SSSR count). The van der Waals surface area contributed by atoms with Gasteiger partial charge < -0.3 is 16.4 Å². The average Bonchev–Trinajstić information content (AvgIpc) is 2.69. The average molecular weight is 205 g/mol. The lowest BCUT2D eigenvalue weighted by Gasteiger charge is -2.17. The molecule has 0 unspecified atom stereocenters. The zero-order valence-electron chi connectivity index (χ0n) is 9.24. The van der Waals surface area contributed by atoms with Crippen LogP contribution in [0.2, 0.25) is 0 Å². The maximum Gasteiger partial charge on any atom is 0.0419 e. The fourth-order valence-electron chi connectivity index (χ4n) is 2.19. The molecule has 3 heteroatoms. The molecule has 1 heterocycles. The summed E-state index contributed by atoms with van der Waals surface area (Å²) in [6, 6.07) is 6.47. The van der Waals surface area contributed by atoms with Crippen molar-refractivity contribution in [2.24, 2.45) is 11.5 Å². The summed E-state index contributed by atoms with van der Waals surface area (Å²) in [5, 5.41) is 0. The predicted molar refractivity (Wildman–Crippen MR) is 64.0 cm³/mol. The van der Waals surface area contributed by atoms with E-state index in [4.69, 9.17) is 11.5 Å². The van der Waals surface area contributed by atoms with Crippen molar-refractivity contribution in [3.8, 4) is 0 Å². The highest BCUT2D eigenvalue weighted by Gasteiger charge is 2.18. The molecule has 1 aromatic rings. The molecule has 0 aliphatic carbocycles. The topological polar surface area (TPSA) is 55.3 Å². The number of nitrogens with two attached hydrogens (primary N) is 2. The molecule has 0 saturated heterocycles. The van der Waals surface area contributed by atoms with Crippen LogP contribution in [0.15, 0.2) is 18.2 Å². The molecule has 15 heavy (non-hydrogen) atoms. The molecule has 82 valence electrons. The molecule has 1 atom stereocenters. The minimum atomic E-state index is -0.0222. The van der Waals surface area contributed by atoms with E-state index in [1.165, 1.54) is 11.3 Å². The second kappa shape index (κ2) is 4.21. The summed E-state index contributed by atoms with van der Waals surface area (Å²) in [5.41, 5.74) is 15.4. The second-order valence-electron chi connectivity index (χ2n) is 4.06. The summed E-state index contributed by atoms with van der Waals surface area (Å²) < 4.78 is 0. The lowest BCUT2D eigenvalue weighted by atomic mass is 10.0. The molecule has 1 aromatic carbocycles. The van der Waals surface area contributed by atoms with Crippen LogP contribution in [0, 0.1) is 0 Å². The first-order chi connectivity index (χ1) is 7.26. The molecular weight excluding hydrogens is 186 g/mol. The van der Waals surface area contributed by atoms with Gasteiger partial charge in [0.25, 0.3) is 0 Å². The van der Waals surface area contributed by atoms with Crippen molar-refractivity contribution in [3.63, 3.8) is 0 Å². The van der Waals surface area contributed by atoms with Crippen LogP contribution in [0.25, 0.3) is 0 Å². The van der Waals surface area contributed by atoms with Crippen molar-refractivity contribution >= 4 is 5.69 Å². The summed E-state index contributed by atoms with van der Waals surface area (Å²) in [6.45, 7) is 4.91. The highest BCUT2D eigenvalue weighted by molar-refractivity contribution is 5.59. The van der Waals surface area contributed by atoms with Crippen LogP contribution in [0.5, 0.6) is 0 Å². The van der Waals surface area contributed by atoms with Crippen molar-refractivity contribution < 1.29 is 0 Å². The maximum atomic E-state index is 5.92. The predicted octanol–water partition coefficient (Wildman–Crippen LogP) is 1.03. The van der Waals surface area contributed by atoms with Crippen molar-refractivity contribution in [1.82, 2.24) is 0 Å². The quantitative estimate of drug-likeness (QED) is 0.775. The second-order valence-corrected chi connectivity index (χ2v) is 4.06. The van der Waals surface area contributed by atoms with Gasteiger partial charge in [0.15, 0.2) is 0 Å². The van der Waals surface area contributed by atoms with E-state index < -0.39 is 0 Å². The number of benzene rings is 1. The van der Waals surface area contributed by atoms with Gasteiger partial charge in [-0.25, -0.2) is 0 Å². The Labute approximate surface area is 91.1 Å². The summed E-state index contributed by atoms with van der Waals surface area (Å²) in [7, 11) is 0. The minimum absolute atomic E-state index is 0.0222. The van der Waals surface area contributed by atoms with Crippen LogP contribution in [0.4, 0.5) is 5.69 Å². The van der Waals surface area contributed by atoms with Gasteiger partial charge in [0.05, 0.1) is 0 Å². The molecule has 0 spiro atoms. The Morgan fingerprint density at radius 3 is 2.93 bits per heavy atom. The molecule has 0 radical (unpaired) electrons. The molecule has 4 N–H and O–H groups in total. The lowest BCUT2D eigenvalue weighted by molar-refractivity contribution is 0.736. The smallest absolute Gasteiger partial charge is 0.0419 e. The van der Waals surface area contributed by atoms with Crippen LogP contribution in [0.1, 0.15) is 24.1 Å². The molecule has 0 bridgehead atoms. The molecule has 0 saturated carbocycles. The van der Waals surface area contributed by atoms with Gasteiger partial charge in [0, 0.05) is 31.4 Å². The molecular formula is C12H19N3. The van der Waals surface area contributed by atoms with Gasteiger partial charge >= 0.3 is 0 Å². The van der Waals surface area contributed by atoms with Gasteiger partial charge in [-0.1, -0.05) is 12.1 Å². The SMILES string of the molecule is CCN1CCc2cc([C@@H](N)CN)ccc21. The zero-order valence-corrected chi connectivity index (χ0v) is 9.24. The Morgan fingerprint density at radius 2 is 2.27 bits per heavy atom. The summed E-state index contributed by atoms with van der Waals surface area (Å²) >= 11 is 0. The van der Waals surface area contributed by atoms with E-state index in [0.29, 0.717) is 6.54 Å². The minimum Gasteiger partial charge on any atom is -0.371 e. The van der Waals surface area contributed by atoms with Crippen molar-refractivity contribution in [3.05, 3.63) is 29.3 Å². The van der Waals surface area contributed by atoms with E-state index in [2.05, 4.69) is 30.0 Å². The van der Waals surface area contributed by atoms with E-state index in [9.17, 15) is 0 Å². The third-order valence-electron chi connectivity index (χ3n) is 3.16. The van der Waals surface area contributed by atoms with Crippen molar-refractivity contribution in [2.75, 3.05) is 24.5 Å². The maximum absolute atomic E-state index is 5.92. The molecule has 1 aliphatic rings. The Kier molecular flexibility index (Phi) is 2.93. The first-order valence-electron chi connectivity index (χ1n) is 5.59. The highest BCUT2D eigenvalue weighted by atomic mass is 15.1. The van der Waals surface area contributed by atoms with Gasteiger partial charge in [-0.15, -0.1) is 0 Å². The van der Waals surface area contributed by atoms with Gasteiger partial charge in [-0.2, -0.15) is 0 Å². The van der Waals surface area contributed by atoms with Gasteiger partial charge in [0.2, 0.25) is 0 Å². The highest BCUT2D eigenvalue weighted by Crippen LogP contribution is 2.29. The Balaban J connectivity index is 2.29. The van der Waals surface area contributed by atoms with Crippen molar-refractivity contribution in [2.45, 2.75) is 19.4 Å². The van der Waals surface area contributed by atoms with Crippen LogP contribution in [-0.4, -0.2) is 19.6 Å². The van der Waals surface area contributed by atoms with Gasteiger partial charge in [-0.3, -0.25) is 0 Å². The van der Waals surface area contributed by atoms with E-state index in [0.717, 1.165) is 25.1 Å². The fourth-order valence-corrected chi connectivity index (χ4v) is 2.19. The Hall–Kier alpha value is -1.06. The molecule has 0 fully saturated rings. The van der Waals surface area contributed by atoms with Crippen LogP contribution < -0.4 is 16.4 Å². The number of nitrogens with zero attached hydrogens (tertiary/aromatic N) is 1. The normalized spacial score (nSPS) is 16.6. The largest absolute Gasteiger partial charge is 0.371 e. The Bertz CT molecular complexity index is 349. The third kappa shape index (κ3) is 1.85. The van der Waals surface area contributed by atoms with Crippen molar-refractivity contribution in [1.29, 1.82) is 0 Å².